The fourth-order valence-corrected chi connectivity index (χ4v) is 2.75. The Morgan fingerprint density at radius 3 is 2.83 bits per heavy atom. The lowest BCUT2D eigenvalue weighted by atomic mass is 10.2. The highest BCUT2D eigenvalue weighted by molar-refractivity contribution is 9.09. The number of phenolic OH excluding ortho intramolecular Hbond substituents is 1. The Balaban J connectivity index is 2.31. The molecule has 1 heterocycles. The third-order valence-corrected chi connectivity index (χ3v) is 4.96. The Bertz CT molecular complexity index is 545. The second-order valence-corrected chi connectivity index (χ2v) is 5.82. The minimum absolute atomic E-state index is 0.109. The van der Waals surface area contributed by atoms with E-state index in [1.165, 1.54) is 18.4 Å². The van der Waals surface area contributed by atoms with Gasteiger partial charge in [-0.15, -0.1) is 10.2 Å². The summed E-state index contributed by atoms with van der Waals surface area (Å²) in [6.45, 7) is 2.08. The summed E-state index contributed by atoms with van der Waals surface area (Å²) in [6.07, 6.45) is 0.961. The number of phenols is 1. The average molecular weight is 329 g/mol. The summed E-state index contributed by atoms with van der Waals surface area (Å²) in [5.41, 5.74) is 0.841. The van der Waals surface area contributed by atoms with Gasteiger partial charge in [-0.25, -0.2) is 0 Å². The summed E-state index contributed by atoms with van der Waals surface area (Å²) in [5, 5.41) is 19.8. The Morgan fingerprint density at radius 2 is 2.22 bits per heavy atom. The number of methoxy groups -OCH3 is 1. The third kappa shape index (κ3) is 2.64. The smallest absolute Gasteiger partial charge is 0.160 e. The molecule has 0 radical (unpaired) electrons. The molecule has 1 aromatic carbocycles. The first kappa shape index (κ1) is 13.3. The zero-order chi connectivity index (χ0) is 13.1. The summed E-state index contributed by atoms with van der Waals surface area (Å²) >= 11 is 5.07. The number of aromatic nitrogens is 2. The van der Waals surface area contributed by atoms with Gasteiger partial charge in [0.05, 0.1) is 11.9 Å². The Labute approximate surface area is 118 Å². The summed E-state index contributed by atoms with van der Waals surface area (Å²) < 4.78 is 5.01. The van der Waals surface area contributed by atoms with Crippen molar-refractivity contribution in [2.24, 2.45) is 0 Å². The van der Waals surface area contributed by atoms with Crippen LogP contribution in [-0.4, -0.2) is 22.4 Å². The molecule has 0 amide bonds. The highest BCUT2D eigenvalue weighted by Gasteiger charge is 2.13. The quantitative estimate of drug-likeness (QED) is 0.868. The molecule has 96 valence electrons. The zero-order valence-electron chi connectivity index (χ0n) is 10.1. The van der Waals surface area contributed by atoms with E-state index in [0.717, 1.165) is 22.0 Å². The van der Waals surface area contributed by atoms with Crippen LogP contribution in [0.25, 0.3) is 10.6 Å². The van der Waals surface area contributed by atoms with Crippen LogP contribution in [0.5, 0.6) is 11.5 Å². The predicted octanol–water partition coefficient (Wildman–Crippen LogP) is 3.77. The van der Waals surface area contributed by atoms with Crippen molar-refractivity contribution < 1.29 is 9.84 Å². The summed E-state index contributed by atoms with van der Waals surface area (Å²) in [7, 11) is 1.52. The minimum atomic E-state index is 0.109. The van der Waals surface area contributed by atoms with Crippen LogP contribution in [0.2, 0.25) is 0 Å². The Hall–Kier alpha value is -1.14. The molecule has 0 bridgehead atoms. The largest absolute Gasteiger partial charge is 0.504 e. The van der Waals surface area contributed by atoms with Crippen molar-refractivity contribution in [3.8, 4) is 22.1 Å². The molecule has 18 heavy (non-hydrogen) atoms. The van der Waals surface area contributed by atoms with Gasteiger partial charge < -0.3 is 9.84 Å². The van der Waals surface area contributed by atoms with Gasteiger partial charge in [0.1, 0.15) is 10.0 Å². The summed E-state index contributed by atoms with van der Waals surface area (Å²) in [4.78, 5) is 0.232. The lowest BCUT2D eigenvalue weighted by Crippen LogP contribution is -1.85. The van der Waals surface area contributed by atoms with Crippen LogP contribution in [0.3, 0.4) is 0 Å². The number of aromatic hydroxyl groups is 1. The normalized spacial score (nSPS) is 12.4. The van der Waals surface area contributed by atoms with Crippen molar-refractivity contribution in [2.45, 2.75) is 18.2 Å². The van der Waals surface area contributed by atoms with E-state index in [2.05, 4.69) is 33.1 Å². The minimum Gasteiger partial charge on any atom is -0.504 e. The maximum Gasteiger partial charge on any atom is 0.160 e. The molecule has 2 rings (SSSR count). The van der Waals surface area contributed by atoms with Crippen LogP contribution >= 0.6 is 27.3 Å². The third-order valence-electron chi connectivity index (χ3n) is 2.49. The van der Waals surface area contributed by atoms with Crippen molar-refractivity contribution in [1.82, 2.24) is 10.2 Å². The monoisotopic (exact) mass is 328 g/mol. The molecule has 1 N–H and O–H groups in total. The lowest BCUT2D eigenvalue weighted by Gasteiger charge is -2.03. The topological polar surface area (TPSA) is 55.2 Å². The van der Waals surface area contributed by atoms with Gasteiger partial charge >= 0.3 is 0 Å². The van der Waals surface area contributed by atoms with Gasteiger partial charge in [0, 0.05) is 5.56 Å². The van der Waals surface area contributed by atoms with Crippen molar-refractivity contribution in [3.63, 3.8) is 0 Å². The second kappa shape index (κ2) is 5.67. The van der Waals surface area contributed by atoms with E-state index in [-0.39, 0.29) is 10.6 Å². The maximum atomic E-state index is 9.74. The standard InChI is InChI=1S/C12H13BrN2O2S/c1-3-8(13)12-15-14-11(18-12)7-4-5-10(17-2)9(16)6-7/h4-6,8,16H,3H2,1-2H3. The number of rotatable bonds is 4. The fourth-order valence-electron chi connectivity index (χ4n) is 1.48. The van der Waals surface area contributed by atoms with Gasteiger partial charge in [-0.2, -0.15) is 0 Å². The van der Waals surface area contributed by atoms with Crippen molar-refractivity contribution >= 4 is 27.3 Å². The molecule has 4 nitrogen and oxygen atoms in total. The SMILES string of the molecule is CCC(Br)c1nnc(-c2ccc(OC)c(O)c2)s1. The number of alkyl halides is 1. The van der Waals surface area contributed by atoms with Gasteiger partial charge in [0.2, 0.25) is 0 Å². The van der Waals surface area contributed by atoms with E-state index in [1.807, 2.05) is 6.07 Å². The van der Waals surface area contributed by atoms with E-state index in [9.17, 15) is 5.11 Å². The average Bonchev–Trinajstić information content (AvgIpc) is 2.87. The molecular formula is C12H13BrN2O2S. The molecule has 0 saturated carbocycles. The van der Waals surface area contributed by atoms with Gasteiger partial charge in [-0.05, 0) is 24.6 Å². The van der Waals surface area contributed by atoms with Gasteiger partial charge in [-0.3, -0.25) is 0 Å². The van der Waals surface area contributed by atoms with E-state index < -0.39 is 0 Å². The second-order valence-electron chi connectivity index (χ2n) is 3.71. The first-order valence-electron chi connectivity index (χ1n) is 5.50. The molecule has 6 heteroatoms. The molecule has 1 aromatic heterocycles. The van der Waals surface area contributed by atoms with Crippen LogP contribution < -0.4 is 4.74 Å². The maximum absolute atomic E-state index is 9.74. The number of benzene rings is 1. The molecule has 0 saturated heterocycles. The highest BCUT2D eigenvalue weighted by Crippen LogP contribution is 2.35. The first-order valence-corrected chi connectivity index (χ1v) is 7.23. The number of ether oxygens (including phenoxy) is 1. The summed E-state index contributed by atoms with van der Waals surface area (Å²) in [6, 6.07) is 5.22. The molecular weight excluding hydrogens is 316 g/mol. The van der Waals surface area contributed by atoms with E-state index in [0.29, 0.717) is 5.75 Å². The molecule has 2 aromatic rings. The fraction of sp³-hybridized carbons (Fsp3) is 0.333. The van der Waals surface area contributed by atoms with Crippen LogP contribution in [-0.2, 0) is 0 Å². The van der Waals surface area contributed by atoms with E-state index in [1.54, 1.807) is 12.1 Å². The number of hydrogen-bond donors (Lipinski definition) is 1. The lowest BCUT2D eigenvalue weighted by molar-refractivity contribution is 0.373. The van der Waals surface area contributed by atoms with Gasteiger partial charge in [0.15, 0.2) is 11.5 Å². The van der Waals surface area contributed by atoms with E-state index in [4.69, 9.17) is 4.74 Å². The number of halogens is 1. The van der Waals surface area contributed by atoms with Crippen molar-refractivity contribution in [2.75, 3.05) is 7.11 Å². The molecule has 1 atom stereocenters. The molecule has 0 aliphatic rings. The summed E-state index contributed by atoms with van der Waals surface area (Å²) in [5.74, 6) is 0.563. The molecule has 0 fully saturated rings. The van der Waals surface area contributed by atoms with Crippen LogP contribution in [0, 0.1) is 0 Å². The predicted molar refractivity (Wildman–Crippen MR) is 75.5 cm³/mol. The molecule has 0 spiro atoms. The van der Waals surface area contributed by atoms with Crippen LogP contribution in [0.1, 0.15) is 23.2 Å². The van der Waals surface area contributed by atoms with Crippen LogP contribution in [0.4, 0.5) is 0 Å². The molecule has 1 unspecified atom stereocenters. The van der Waals surface area contributed by atoms with Gasteiger partial charge in [0.25, 0.3) is 0 Å². The van der Waals surface area contributed by atoms with Crippen molar-refractivity contribution in [3.05, 3.63) is 23.2 Å². The van der Waals surface area contributed by atoms with Gasteiger partial charge in [-0.1, -0.05) is 34.2 Å². The van der Waals surface area contributed by atoms with E-state index >= 15 is 0 Å². The van der Waals surface area contributed by atoms with Crippen molar-refractivity contribution in [1.29, 1.82) is 0 Å². The Kier molecular flexibility index (Phi) is 4.19. The zero-order valence-corrected chi connectivity index (χ0v) is 12.5. The molecule has 0 aliphatic carbocycles. The highest BCUT2D eigenvalue weighted by atomic mass is 79.9. The number of nitrogens with zero attached hydrogens (tertiary/aromatic N) is 2. The number of hydrogen-bond acceptors (Lipinski definition) is 5. The Morgan fingerprint density at radius 1 is 1.44 bits per heavy atom. The van der Waals surface area contributed by atoms with Crippen LogP contribution in [0.15, 0.2) is 18.2 Å². The molecule has 0 aliphatic heterocycles. The first-order chi connectivity index (χ1) is 8.65.